The molecule has 0 bridgehead atoms. The van der Waals surface area contributed by atoms with Gasteiger partial charge in [0, 0.05) is 19.8 Å². The van der Waals surface area contributed by atoms with E-state index in [1.54, 1.807) is 12.1 Å². The number of carbonyl (C=O) groups excluding carboxylic acids is 1. The van der Waals surface area contributed by atoms with E-state index in [0.29, 0.717) is 18.0 Å². The molecule has 1 amide bonds. The van der Waals surface area contributed by atoms with Crippen LogP contribution in [0.2, 0.25) is 0 Å². The van der Waals surface area contributed by atoms with Crippen molar-refractivity contribution in [3.05, 3.63) is 83.7 Å². The molecule has 3 aromatic rings. The molecule has 1 N–H and O–H groups in total. The van der Waals surface area contributed by atoms with E-state index in [4.69, 9.17) is 4.74 Å². The zero-order valence-corrected chi connectivity index (χ0v) is 17.8. The Morgan fingerprint density at radius 1 is 1.07 bits per heavy atom. The molecular formula is C22H23N3O4S. The van der Waals surface area contributed by atoms with Crippen LogP contribution >= 0.6 is 0 Å². The van der Waals surface area contributed by atoms with Crippen molar-refractivity contribution < 1.29 is 17.9 Å². The third-order valence-electron chi connectivity index (χ3n) is 4.63. The standard InChI is InChI=1S/C22H23N3O4S/c1-16-4-6-17(7-5-16)15-24-22(26)21-14-18(12-13-23-21)25(2)30(27,28)20-10-8-19(29-3)9-11-20/h4-14H,15H2,1-3H3,(H,24,26). The summed E-state index contributed by atoms with van der Waals surface area (Å²) in [6, 6.07) is 16.9. The van der Waals surface area contributed by atoms with Gasteiger partial charge >= 0.3 is 0 Å². The predicted molar refractivity (Wildman–Crippen MR) is 115 cm³/mol. The maximum absolute atomic E-state index is 12.9. The van der Waals surface area contributed by atoms with Gasteiger partial charge in [-0.25, -0.2) is 8.42 Å². The highest BCUT2D eigenvalue weighted by atomic mass is 32.2. The first-order chi connectivity index (χ1) is 14.3. The fourth-order valence-electron chi connectivity index (χ4n) is 2.76. The van der Waals surface area contributed by atoms with Gasteiger partial charge in [0.2, 0.25) is 0 Å². The molecule has 0 radical (unpaired) electrons. The maximum Gasteiger partial charge on any atom is 0.270 e. The average molecular weight is 426 g/mol. The van der Waals surface area contributed by atoms with Gasteiger partial charge in [0.1, 0.15) is 11.4 Å². The number of rotatable bonds is 7. The average Bonchev–Trinajstić information content (AvgIpc) is 2.78. The minimum Gasteiger partial charge on any atom is -0.497 e. The molecule has 0 aliphatic carbocycles. The number of hydrogen-bond acceptors (Lipinski definition) is 5. The summed E-state index contributed by atoms with van der Waals surface area (Å²) in [5.41, 5.74) is 2.57. The Hall–Kier alpha value is -3.39. The van der Waals surface area contributed by atoms with Gasteiger partial charge in [-0.15, -0.1) is 0 Å². The van der Waals surface area contributed by atoms with E-state index in [1.165, 1.54) is 44.6 Å². The predicted octanol–water partition coefficient (Wildman–Crippen LogP) is 3.15. The van der Waals surface area contributed by atoms with Gasteiger partial charge in [0.15, 0.2) is 0 Å². The third kappa shape index (κ3) is 4.77. The van der Waals surface area contributed by atoms with Crippen LogP contribution in [0.5, 0.6) is 5.75 Å². The van der Waals surface area contributed by atoms with E-state index >= 15 is 0 Å². The molecule has 0 fully saturated rings. The second kappa shape index (κ2) is 8.96. The molecule has 7 nitrogen and oxygen atoms in total. The summed E-state index contributed by atoms with van der Waals surface area (Å²) in [6.45, 7) is 2.35. The second-order valence-corrected chi connectivity index (χ2v) is 8.68. The minimum atomic E-state index is -3.80. The molecule has 0 saturated carbocycles. The largest absolute Gasteiger partial charge is 0.497 e. The first kappa shape index (κ1) is 21.3. The first-order valence-corrected chi connectivity index (χ1v) is 10.7. The van der Waals surface area contributed by atoms with Crippen LogP contribution in [0.4, 0.5) is 5.69 Å². The molecule has 0 aliphatic heterocycles. The van der Waals surface area contributed by atoms with Crippen molar-refractivity contribution >= 4 is 21.6 Å². The summed E-state index contributed by atoms with van der Waals surface area (Å²) in [5.74, 6) is 0.181. The monoisotopic (exact) mass is 425 g/mol. The van der Waals surface area contributed by atoms with Gasteiger partial charge in [-0.05, 0) is 48.9 Å². The van der Waals surface area contributed by atoms with Crippen molar-refractivity contribution in [1.29, 1.82) is 0 Å². The number of anilines is 1. The number of pyridine rings is 1. The number of carbonyl (C=O) groups is 1. The third-order valence-corrected chi connectivity index (χ3v) is 6.43. The normalized spacial score (nSPS) is 11.0. The van der Waals surface area contributed by atoms with Crippen molar-refractivity contribution in [2.24, 2.45) is 0 Å². The number of benzene rings is 2. The van der Waals surface area contributed by atoms with Gasteiger partial charge in [0.05, 0.1) is 17.7 Å². The molecule has 0 aliphatic rings. The summed E-state index contributed by atoms with van der Waals surface area (Å²) in [5, 5.41) is 2.80. The van der Waals surface area contributed by atoms with Crippen molar-refractivity contribution in [2.45, 2.75) is 18.4 Å². The Bertz CT molecular complexity index is 1130. The quantitative estimate of drug-likeness (QED) is 0.628. The lowest BCUT2D eigenvalue weighted by Gasteiger charge is -2.20. The summed E-state index contributed by atoms with van der Waals surface area (Å²) < 4.78 is 32.0. The molecule has 1 heterocycles. The smallest absolute Gasteiger partial charge is 0.270 e. The Morgan fingerprint density at radius 3 is 2.37 bits per heavy atom. The zero-order chi connectivity index (χ0) is 21.7. The van der Waals surface area contributed by atoms with E-state index in [0.717, 1.165) is 15.4 Å². The highest BCUT2D eigenvalue weighted by molar-refractivity contribution is 7.92. The van der Waals surface area contributed by atoms with Crippen LogP contribution in [0.3, 0.4) is 0 Å². The number of aryl methyl sites for hydroxylation is 1. The van der Waals surface area contributed by atoms with Gasteiger partial charge in [-0.2, -0.15) is 0 Å². The van der Waals surface area contributed by atoms with E-state index in [2.05, 4.69) is 10.3 Å². The number of aromatic nitrogens is 1. The molecule has 3 rings (SSSR count). The Labute approximate surface area is 176 Å². The summed E-state index contributed by atoms with van der Waals surface area (Å²) in [4.78, 5) is 16.7. The lowest BCUT2D eigenvalue weighted by molar-refractivity contribution is 0.0946. The second-order valence-electron chi connectivity index (χ2n) is 6.72. The van der Waals surface area contributed by atoms with Crippen LogP contribution < -0.4 is 14.4 Å². The summed E-state index contributed by atoms with van der Waals surface area (Å²) in [6.07, 6.45) is 1.41. The molecule has 30 heavy (non-hydrogen) atoms. The molecule has 8 heteroatoms. The molecule has 0 unspecified atom stereocenters. The van der Waals surface area contributed by atoms with Crippen molar-refractivity contribution in [2.75, 3.05) is 18.5 Å². The molecule has 156 valence electrons. The topological polar surface area (TPSA) is 88.6 Å². The van der Waals surface area contributed by atoms with Crippen LogP contribution in [0.15, 0.2) is 71.8 Å². The highest BCUT2D eigenvalue weighted by Gasteiger charge is 2.22. The van der Waals surface area contributed by atoms with E-state index in [1.807, 2.05) is 31.2 Å². The maximum atomic E-state index is 12.9. The Morgan fingerprint density at radius 2 is 1.73 bits per heavy atom. The number of amides is 1. The molecule has 0 spiro atoms. The first-order valence-electron chi connectivity index (χ1n) is 9.24. The van der Waals surface area contributed by atoms with Crippen molar-refractivity contribution in [3.8, 4) is 5.75 Å². The zero-order valence-electron chi connectivity index (χ0n) is 17.0. The number of sulfonamides is 1. The van der Waals surface area contributed by atoms with Crippen molar-refractivity contribution in [3.63, 3.8) is 0 Å². The molecular weight excluding hydrogens is 402 g/mol. The van der Waals surface area contributed by atoms with Crippen LogP contribution in [-0.4, -0.2) is 33.5 Å². The van der Waals surface area contributed by atoms with Crippen LogP contribution in [0, 0.1) is 6.92 Å². The van der Waals surface area contributed by atoms with Crippen LogP contribution in [0.1, 0.15) is 21.6 Å². The van der Waals surface area contributed by atoms with Crippen molar-refractivity contribution in [1.82, 2.24) is 10.3 Å². The SMILES string of the molecule is COc1ccc(S(=O)(=O)N(C)c2ccnc(C(=O)NCc3ccc(C)cc3)c2)cc1. The lowest BCUT2D eigenvalue weighted by Crippen LogP contribution is -2.28. The van der Waals surface area contributed by atoms with Gasteiger partial charge in [-0.1, -0.05) is 29.8 Å². The van der Waals surface area contributed by atoms with E-state index < -0.39 is 10.0 Å². The number of methoxy groups -OCH3 is 1. The highest BCUT2D eigenvalue weighted by Crippen LogP contribution is 2.24. The molecule has 1 aromatic heterocycles. The molecule has 0 atom stereocenters. The van der Waals surface area contributed by atoms with Gasteiger partial charge in [-0.3, -0.25) is 14.1 Å². The number of nitrogens with one attached hydrogen (secondary N) is 1. The van der Waals surface area contributed by atoms with Crippen LogP contribution in [-0.2, 0) is 16.6 Å². The lowest BCUT2D eigenvalue weighted by atomic mass is 10.1. The molecule has 0 saturated heterocycles. The number of nitrogens with zero attached hydrogens (tertiary/aromatic N) is 2. The fourth-order valence-corrected chi connectivity index (χ4v) is 3.95. The summed E-state index contributed by atoms with van der Waals surface area (Å²) >= 11 is 0. The van der Waals surface area contributed by atoms with Gasteiger partial charge < -0.3 is 10.1 Å². The van der Waals surface area contributed by atoms with E-state index in [-0.39, 0.29) is 16.5 Å². The van der Waals surface area contributed by atoms with Crippen LogP contribution in [0.25, 0.3) is 0 Å². The Balaban J connectivity index is 1.76. The fraction of sp³-hybridized carbons (Fsp3) is 0.182. The van der Waals surface area contributed by atoms with E-state index in [9.17, 15) is 13.2 Å². The molecule has 2 aromatic carbocycles. The minimum absolute atomic E-state index is 0.119. The number of hydrogen-bond donors (Lipinski definition) is 1. The number of ether oxygens (including phenoxy) is 1. The van der Waals surface area contributed by atoms with Gasteiger partial charge in [0.25, 0.3) is 15.9 Å². The Kier molecular flexibility index (Phi) is 6.37. The summed E-state index contributed by atoms with van der Waals surface area (Å²) in [7, 11) is -0.855.